The summed E-state index contributed by atoms with van der Waals surface area (Å²) < 4.78 is 45.2. The summed E-state index contributed by atoms with van der Waals surface area (Å²) in [6.07, 6.45) is 12.4. The van der Waals surface area contributed by atoms with Crippen molar-refractivity contribution in [3.8, 4) is 28.0 Å². The van der Waals surface area contributed by atoms with Crippen LogP contribution in [0, 0.1) is 17.2 Å². The maximum Gasteiger partial charge on any atom is 0.333 e. The van der Waals surface area contributed by atoms with Crippen LogP contribution in [0.5, 0.6) is 5.75 Å². The van der Waals surface area contributed by atoms with E-state index >= 15 is 4.39 Å². The zero-order valence-corrected chi connectivity index (χ0v) is 43.6. The molecule has 1 unspecified atom stereocenters. The molecule has 3 aromatic rings. The van der Waals surface area contributed by atoms with Crippen molar-refractivity contribution in [2.24, 2.45) is 11.3 Å². The number of aryl methyl sites for hydroxylation is 3. The van der Waals surface area contributed by atoms with Crippen molar-refractivity contribution in [3.05, 3.63) is 125 Å². The Bertz CT molecular complexity index is 2290. The molecular weight excluding hydrogens is 904 g/mol. The number of thiol groups is 1. The van der Waals surface area contributed by atoms with Crippen molar-refractivity contribution in [2.75, 3.05) is 38.8 Å². The minimum absolute atomic E-state index is 0.00888. The highest BCUT2D eigenvalue weighted by molar-refractivity contribution is 7.80. The second-order valence-electron chi connectivity index (χ2n) is 19.3. The number of hydrogen-bond donors (Lipinski definition) is 1. The number of halogens is 1. The summed E-state index contributed by atoms with van der Waals surface area (Å²) in [5, 5.41) is 0. The first kappa shape index (κ1) is 57.2. The molecule has 0 radical (unpaired) electrons. The highest BCUT2D eigenvalue weighted by Crippen LogP contribution is 2.41. The van der Waals surface area contributed by atoms with Crippen molar-refractivity contribution in [3.63, 3.8) is 0 Å². The normalized spacial score (nSPS) is 15.3. The minimum atomic E-state index is -0.920. The molecule has 4 rings (SSSR count). The first-order chi connectivity index (χ1) is 33.4. The van der Waals surface area contributed by atoms with Crippen LogP contribution < -0.4 is 4.74 Å². The third kappa shape index (κ3) is 17.2. The van der Waals surface area contributed by atoms with Gasteiger partial charge in [0, 0.05) is 33.6 Å². The van der Waals surface area contributed by atoms with Gasteiger partial charge in [-0.3, -0.25) is 0 Å². The fourth-order valence-electron chi connectivity index (χ4n) is 8.80. The fourth-order valence-corrected chi connectivity index (χ4v) is 9.14. The number of esters is 4. The Labute approximate surface area is 422 Å². The van der Waals surface area contributed by atoms with Crippen LogP contribution in [0.4, 0.5) is 4.39 Å². The molecule has 1 fully saturated rings. The maximum atomic E-state index is 16.2. The van der Waals surface area contributed by atoms with Gasteiger partial charge in [0.25, 0.3) is 0 Å². The van der Waals surface area contributed by atoms with Gasteiger partial charge in [0.05, 0.1) is 31.8 Å². The molecule has 1 saturated carbocycles. The Morgan fingerprint density at radius 3 is 1.67 bits per heavy atom. The molecule has 0 N–H and O–H groups in total. The van der Waals surface area contributed by atoms with Gasteiger partial charge >= 0.3 is 23.9 Å². The molecule has 0 spiro atoms. The van der Waals surface area contributed by atoms with Crippen LogP contribution in [0.1, 0.15) is 140 Å². The summed E-state index contributed by atoms with van der Waals surface area (Å²) >= 11 is 4.71. The number of carbonyl (C=O) groups is 4. The molecule has 0 aromatic heterocycles. The van der Waals surface area contributed by atoms with E-state index in [4.69, 9.17) is 36.3 Å². The van der Waals surface area contributed by atoms with Crippen molar-refractivity contribution < 1.29 is 47.3 Å². The van der Waals surface area contributed by atoms with E-state index in [1.165, 1.54) is 38.5 Å². The minimum Gasteiger partial charge on any atom is -0.492 e. The van der Waals surface area contributed by atoms with E-state index in [9.17, 15) is 19.2 Å². The number of ether oxygens (including phenoxy) is 5. The first-order valence-electron chi connectivity index (χ1n) is 25.0. The monoisotopic (exact) mass is 981 g/mol. The standard InChI is InChI=1S/C59H77FO9S/c1-11-13-14-17-43-20-22-45(23-21-43)46-24-27-52(53(60)35-46)47-25-26-51(44(12-2)32-47)50-33-48(18-15-29-65-55(61)39(3)4)54(49(34-50)19-16-30-66-56(62)40(5)6)68-36-59(38-70,37-69-58(64)42(9)10)28-31-67-57(63)41(7)8/h24-27,32-35,43,45,70H,3,5,7,9,11-23,28-31,36-38H2,1-2,4,6,8,10H3. The molecule has 0 saturated heterocycles. The van der Waals surface area contributed by atoms with Gasteiger partial charge in [0.15, 0.2) is 0 Å². The Balaban J connectivity index is 1.76. The third-order valence-corrected chi connectivity index (χ3v) is 13.8. The molecule has 0 bridgehead atoms. The van der Waals surface area contributed by atoms with E-state index in [0.717, 1.165) is 57.7 Å². The summed E-state index contributed by atoms with van der Waals surface area (Å²) in [5.41, 5.74) is 7.13. The van der Waals surface area contributed by atoms with Gasteiger partial charge in [-0.05, 0) is 161 Å². The molecule has 9 nitrogen and oxygen atoms in total. The second kappa shape index (κ2) is 28.4. The molecule has 380 valence electrons. The van der Waals surface area contributed by atoms with Crippen LogP contribution in [-0.2, 0) is 57.4 Å². The molecule has 1 atom stereocenters. The Kier molecular flexibility index (Phi) is 23.2. The van der Waals surface area contributed by atoms with Crippen LogP contribution >= 0.6 is 12.6 Å². The lowest BCUT2D eigenvalue weighted by Gasteiger charge is -2.32. The fraction of sp³-hybridized carbons (Fsp3) is 0.492. The van der Waals surface area contributed by atoms with E-state index in [0.29, 0.717) is 60.5 Å². The predicted octanol–water partition coefficient (Wildman–Crippen LogP) is 13.6. The van der Waals surface area contributed by atoms with Crippen molar-refractivity contribution in [2.45, 2.75) is 137 Å². The van der Waals surface area contributed by atoms with Gasteiger partial charge in [-0.2, -0.15) is 12.6 Å². The van der Waals surface area contributed by atoms with E-state index < -0.39 is 29.3 Å². The Morgan fingerprint density at radius 1 is 0.629 bits per heavy atom. The highest BCUT2D eigenvalue weighted by atomic mass is 32.1. The van der Waals surface area contributed by atoms with Crippen molar-refractivity contribution >= 4 is 36.5 Å². The predicted molar refractivity (Wildman–Crippen MR) is 282 cm³/mol. The van der Waals surface area contributed by atoms with E-state index in [-0.39, 0.29) is 62.2 Å². The average Bonchev–Trinajstić information content (AvgIpc) is 3.34. The zero-order valence-electron chi connectivity index (χ0n) is 42.7. The molecule has 11 heteroatoms. The Morgan fingerprint density at radius 2 is 1.16 bits per heavy atom. The molecule has 1 aliphatic carbocycles. The molecular formula is C59H77FO9S. The molecule has 3 aromatic carbocycles. The molecule has 0 aliphatic heterocycles. The molecule has 0 amide bonds. The molecule has 1 aliphatic rings. The van der Waals surface area contributed by atoms with Crippen LogP contribution in [0.25, 0.3) is 22.3 Å². The van der Waals surface area contributed by atoms with Gasteiger partial charge in [-0.25, -0.2) is 23.6 Å². The first-order valence-corrected chi connectivity index (χ1v) is 25.7. The quantitative estimate of drug-likeness (QED) is 0.0239. The van der Waals surface area contributed by atoms with E-state index in [1.54, 1.807) is 33.8 Å². The SMILES string of the molecule is C=C(C)C(=O)OCCCc1cc(-c2ccc(-c3ccc(C4CCC(CCCCC)CC4)cc3F)cc2CC)cc(CCCOC(=O)C(=C)C)c1OCC(CS)(CCOC(=O)C(=C)C)COC(=O)C(=C)C. The van der Waals surface area contributed by atoms with E-state index in [2.05, 4.69) is 64.4 Å². The van der Waals surface area contributed by atoms with Gasteiger partial charge in [0.2, 0.25) is 0 Å². The maximum absolute atomic E-state index is 16.2. The topological polar surface area (TPSA) is 114 Å². The summed E-state index contributed by atoms with van der Waals surface area (Å²) in [4.78, 5) is 49.9. The molecule has 0 heterocycles. The summed E-state index contributed by atoms with van der Waals surface area (Å²) in [6, 6.07) is 16.0. The molecule has 70 heavy (non-hydrogen) atoms. The Hall–Kier alpha value is -5.42. The van der Waals surface area contributed by atoms with Gasteiger partial charge in [-0.15, -0.1) is 0 Å². The summed E-state index contributed by atoms with van der Waals surface area (Å²) in [7, 11) is 0. The summed E-state index contributed by atoms with van der Waals surface area (Å²) in [5.74, 6) is -0.371. The zero-order chi connectivity index (χ0) is 51.4. The van der Waals surface area contributed by atoms with Crippen LogP contribution in [0.15, 0.2) is 97.1 Å². The van der Waals surface area contributed by atoms with E-state index in [1.807, 2.05) is 18.2 Å². The number of benzene rings is 3. The lowest BCUT2D eigenvalue weighted by molar-refractivity contribution is -0.145. The number of hydrogen-bond acceptors (Lipinski definition) is 10. The second-order valence-corrected chi connectivity index (χ2v) is 19.6. The number of rotatable bonds is 29. The van der Waals surface area contributed by atoms with Gasteiger partial charge < -0.3 is 23.7 Å². The smallest absolute Gasteiger partial charge is 0.333 e. The lowest BCUT2D eigenvalue weighted by atomic mass is 9.77. The van der Waals surface area contributed by atoms with Crippen molar-refractivity contribution in [1.82, 2.24) is 0 Å². The van der Waals surface area contributed by atoms with Crippen LogP contribution in [-0.4, -0.2) is 62.7 Å². The lowest BCUT2D eigenvalue weighted by Crippen LogP contribution is -2.38. The van der Waals surface area contributed by atoms with Crippen LogP contribution in [0.3, 0.4) is 0 Å². The van der Waals surface area contributed by atoms with Crippen LogP contribution in [0.2, 0.25) is 0 Å². The average molecular weight is 981 g/mol. The number of carbonyl (C=O) groups excluding carboxylic acids is 4. The third-order valence-electron chi connectivity index (χ3n) is 13.2. The largest absolute Gasteiger partial charge is 0.492 e. The highest BCUT2D eigenvalue weighted by Gasteiger charge is 2.34. The van der Waals surface area contributed by atoms with Gasteiger partial charge in [0.1, 0.15) is 18.2 Å². The van der Waals surface area contributed by atoms with Crippen molar-refractivity contribution in [1.29, 1.82) is 0 Å². The van der Waals surface area contributed by atoms with Gasteiger partial charge in [-0.1, -0.05) is 96.2 Å². The number of unbranched alkanes of at least 4 members (excludes halogenated alkanes) is 2. The summed E-state index contributed by atoms with van der Waals surface area (Å²) in [6.45, 7) is 25.6.